The van der Waals surface area contributed by atoms with Crippen molar-refractivity contribution in [2.45, 2.75) is 38.6 Å². The third-order valence-corrected chi connectivity index (χ3v) is 3.18. The van der Waals surface area contributed by atoms with Crippen molar-refractivity contribution >= 4 is 11.9 Å². The van der Waals surface area contributed by atoms with Crippen LogP contribution in [0, 0.1) is 0 Å². The Morgan fingerprint density at radius 1 is 1.44 bits per heavy atom. The molecule has 1 saturated heterocycles. The summed E-state index contributed by atoms with van der Waals surface area (Å²) in [7, 11) is 0. The fourth-order valence-corrected chi connectivity index (χ4v) is 2.07. The summed E-state index contributed by atoms with van der Waals surface area (Å²) in [6.45, 7) is 5.04. The summed E-state index contributed by atoms with van der Waals surface area (Å²) < 4.78 is 0. The monoisotopic (exact) mass is 228 g/mol. The molecule has 0 aliphatic carbocycles. The number of carbonyl (C=O) groups is 2. The third kappa shape index (κ3) is 2.52. The average Bonchev–Trinajstić information content (AvgIpc) is 2.26. The molecule has 16 heavy (non-hydrogen) atoms. The second-order valence-corrected chi connectivity index (χ2v) is 4.36. The summed E-state index contributed by atoms with van der Waals surface area (Å²) in [5.74, 6) is -1.02. The molecule has 0 saturated carbocycles. The molecule has 5 heteroatoms. The number of likely N-dealkylation sites (tertiary alicyclic amines) is 1. The lowest BCUT2D eigenvalue weighted by atomic mass is 9.88. The second-order valence-electron chi connectivity index (χ2n) is 4.36. The maximum atomic E-state index is 11.9. The Hall–Kier alpha value is -1.10. The van der Waals surface area contributed by atoms with E-state index in [1.807, 2.05) is 6.92 Å². The van der Waals surface area contributed by atoms with E-state index in [0.29, 0.717) is 19.5 Å². The molecule has 92 valence electrons. The van der Waals surface area contributed by atoms with E-state index in [2.05, 4.69) is 5.32 Å². The number of rotatable bonds is 4. The molecule has 2 N–H and O–H groups in total. The van der Waals surface area contributed by atoms with E-state index >= 15 is 0 Å². The fraction of sp³-hybridized carbons (Fsp3) is 0.818. The van der Waals surface area contributed by atoms with Crippen LogP contribution < -0.4 is 5.32 Å². The Labute approximate surface area is 95.8 Å². The van der Waals surface area contributed by atoms with E-state index in [-0.39, 0.29) is 12.5 Å². The molecule has 1 aliphatic heterocycles. The number of carbonyl (C=O) groups excluding carboxylic acids is 1. The molecule has 0 spiro atoms. The molecule has 0 bridgehead atoms. The predicted molar refractivity (Wildman–Crippen MR) is 60.1 cm³/mol. The number of carboxylic acid groups (broad SMARTS) is 1. The summed E-state index contributed by atoms with van der Waals surface area (Å²) >= 11 is 0. The van der Waals surface area contributed by atoms with Crippen LogP contribution in [0.25, 0.3) is 0 Å². The normalized spacial score (nSPS) is 25.5. The van der Waals surface area contributed by atoms with Crippen LogP contribution in [0.5, 0.6) is 0 Å². The molecule has 5 nitrogen and oxygen atoms in total. The Morgan fingerprint density at radius 2 is 2.12 bits per heavy atom. The summed E-state index contributed by atoms with van der Waals surface area (Å²) in [5, 5.41) is 12.2. The van der Waals surface area contributed by atoms with E-state index in [4.69, 9.17) is 0 Å². The zero-order valence-electron chi connectivity index (χ0n) is 9.95. The van der Waals surface area contributed by atoms with Crippen molar-refractivity contribution in [3.8, 4) is 0 Å². The van der Waals surface area contributed by atoms with Gasteiger partial charge in [0.15, 0.2) is 0 Å². The Kier molecular flexibility index (Phi) is 4.29. The van der Waals surface area contributed by atoms with E-state index in [1.165, 1.54) is 4.90 Å². The molecule has 0 aromatic carbocycles. The molecule has 0 radical (unpaired) electrons. The van der Waals surface area contributed by atoms with Crippen molar-refractivity contribution in [1.29, 1.82) is 0 Å². The Balaban J connectivity index is 2.74. The Morgan fingerprint density at radius 3 is 2.69 bits per heavy atom. The maximum Gasteiger partial charge on any atom is 0.329 e. The molecule has 1 fully saturated rings. The van der Waals surface area contributed by atoms with Crippen LogP contribution in [0.15, 0.2) is 0 Å². The van der Waals surface area contributed by atoms with Gasteiger partial charge in [0.2, 0.25) is 5.91 Å². The summed E-state index contributed by atoms with van der Waals surface area (Å²) in [4.78, 5) is 24.6. The van der Waals surface area contributed by atoms with Gasteiger partial charge in [0, 0.05) is 6.54 Å². The van der Waals surface area contributed by atoms with Gasteiger partial charge >= 0.3 is 5.97 Å². The number of hydrogen-bond donors (Lipinski definition) is 2. The quantitative estimate of drug-likeness (QED) is 0.733. The number of aliphatic carboxylic acids is 1. The van der Waals surface area contributed by atoms with Gasteiger partial charge < -0.3 is 15.3 Å². The number of likely N-dealkylation sites (N-methyl/N-ethyl adjacent to an activating group) is 1. The highest BCUT2D eigenvalue weighted by molar-refractivity contribution is 5.87. The van der Waals surface area contributed by atoms with Gasteiger partial charge in [0.05, 0.1) is 6.54 Å². The van der Waals surface area contributed by atoms with Crippen molar-refractivity contribution in [3.63, 3.8) is 0 Å². The number of nitrogens with zero attached hydrogens (tertiary/aromatic N) is 1. The second kappa shape index (κ2) is 5.30. The third-order valence-electron chi connectivity index (χ3n) is 3.18. The molecule has 0 aromatic heterocycles. The van der Waals surface area contributed by atoms with Gasteiger partial charge in [-0.3, -0.25) is 4.79 Å². The summed E-state index contributed by atoms with van der Waals surface area (Å²) in [5.41, 5.74) is -1.02. The van der Waals surface area contributed by atoms with E-state index in [1.54, 1.807) is 6.92 Å². The standard InChI is InChI=1S/C11H20N2O3/c1-3-12-8-9(14)13-7-5-4-6-11(13,2)10(15)16/h12H,3-8H2,1-2H3,(H,15,16). The molecule has 1 atom stereocenters. The van der Waals surface area contributed by atoms with Crippen LogP contribution in [0.3, 0.4) is 0 Å². The number of piperidine rings is 1. The SMILES string of the molecule is CCNCC(=O)N1CCCCC1(C)C(=O)O. The first-order valence-electron chi connectivity index (χ1n) is 5.77. The number of nitrogens with one attached hydrogen (secondary N) is 1. The summed E-state index contributed by atoms with van der Waals surface area (Å²) in [6.07, 6.45) is 2.30. The Bertz CT molecular complexity index is 280. The van der Waals surface area contributed by atoms with Gasteiger partial charge in [0.1, 0.15) is 5.54 Å². The number of amides is 1. The van der Waals surface area contributed by atoms with Crippen molar-refractivity contribution in [1.82, 2.24) is 10.2 Å². The van der Waals surface area contributed by atoms with Crippen LogP contribution >= 0.6 is 0 Å². The van der Waals surface area contributed by atoms with Gasteiger partial charge in [-0.1, -0.05) is 6.92 Å². The highest BCUT2D eigenvalue weighted by Gasteiger charge is 2.43. The zero-order chi connectivity index (χ0) is 12.2. The highest BCUT2D eigenvalue weighted by atomic mass is 16.4. The van der Waals surface area contributed by atoms with Crippen molar-refractivity contribution in [3.05, 3.63) is 0 Å². The largest absolute Gasteiger partial charge is 0.480 e. The molecule has 1 amide bonds. The van der Waals surface area contributed by atoms with Crippen LogP contribution in [-0.4, -0.2) is 47.1 Å². The minimum Gasteiger partial charge on any atom is -0.480 e. The molecule has 0 aromatic rings. The van der Waals surface area contributed by atoms with E-state index in [9.17, 15) is 14.7 Å². The summed E-state index contributed by atoms with van der Waals surface area (Å²) in [6, 6.07) is 0. The smallest absolute Gasteiger partial charge is 0.329 e. The molecule has 1 heterocycles. The first-order chi connectivity index (χ1) is 7.52. The maximum absolute atomic E-state index is 11.9. The lowest BCUT2D eigenvalue weighted by Gasteiger charge is -2.41. The lowest BCUT2D eigenvalue weighted by molar-refractivity contribution is -0.160. The van der Waals surface area contributed by atoms with Crippen LogP contribution in [-0.2, 0) is 9.59 Å². The van der Waals surface area contributed by atoms with Crippen molar-refractivity contribution in [2.24, 2.45) is 0 Å². The van der Waals surface area contributed by atoms with Gasteiger partial charge in [-0.15, -0.1) is 0 Å². The molecular formula is C11H20N2O3. The fourth-order valence-electron chi connectivity index (χ4n) is 2.07. The minimum absolute atomic E-state index is 0.119. The van der Waals surface area contributed by atoms with E-state index in [0.717, 1.165) is 12.8 Å². The van der Waals surface area contributed by atoms with Crippen LogP contribution in [0.1, 0.15) is 33.1 Å². The lowest BCUT2D eigenvalue weighted by Crippen LogP contribution is -2.59. The topological polar surface area (TPSA) is 69.6 Å². The van der Waals surface area contributed by atoms with Gasteiger partial charge in [-0.25, -0.2) is 4.79 Å². The van der Waals surface area contributed by atoms with Gasteiger partial charge in [0.25, 0.3) is 0 Å². The molecule has 1 aliphatic rings. The number of hydrogen-bond acceptors (Lipinski definition) is 3. The first-order valence-corrected chi connectivity index (χ1v) is 5.77. The minimum atomic E-state index is -1.02. The van der Waals surface area contributed by atoms with Crippen LogP contribution in [0.2, 0.25) is 0 Å². The molecule has 1 unspecified atom stereocenters. The molecule has 1 rings (SSSR count). The molecular weight excluding hydrogens is 208 g/mol. The average molecular weight is 228 g/mol. The zero-order valence-corrected chi connectivity index (χ0v) is 9.95. The van der Waals surface area contributed by atoms with Gasteiger partial charge in [-0.2, -0.15) is 0 Å². The van der Waals surface area contributed by atoms with E-state index < -0.39 is 11.5 Å². The highest BCUT2D eigenvalue weighted by Crippen LogP contribution is 2.28. The van der Waals surface area contributed by atoms with Crippen LogP contribution in [0.4, 0.5) is 0 Å². The van der Waals surface area contributed by atoms with Gasteiger partial charge in [-0.05, 0) is 32.7 Å². The predicted octanol–water partition coefficient (Wildman–Crippen LogP) is 0.452. The van der Waals surface area contributed by atoms with Crippen molar-refractivity contribution < 1.29 is 14.7 Å². The number of carboxylic acids is 1. The first kappa shape index (κ1) is 13.0. The van der Waals surface area contributed by atoms with Crippen molar-refractivity contribution in [2.75, 3.05) is 19.6 Å².